The molecule has 0 spiro atoms. The van der Waals surface area contributed by atoms with Gasteiger partial charge in [0, 0.05) is 64.7 Å². The summed E-state index contributed by atoms with van der Waals surface area (Å²) in [5, 5.41) is 3.08. The fourth-order valence-corrected chi connectivity index (χ4v) is 6.08. The lowest BCUT2D eigenvalue weighted by Crippen LogP contribution is -2.38. The molecule has 0 radical (unpaired) electrons. The van der Waals surface area contributed by atoms with Crippen LogP contribution in [-0.4, -0.2) is 69.7 Å². The number of halogens is 2. The van der Waals surface area contributed by atoms with E-state index in [0.29, 0.717) is 18.3 Å². The van der Waals surface area contributed by atoms with Crippen LogP contribution in [0.1, 0.15) is 55.5 Å². The van der Waals surface area contributed by atoms with E-state index in [0.717, 1.165) is 72.2 Å². The van der Waals surface area contributed by atoms with Crippen LogP contribution in [0, 0.1) is 18.7 Å². The van der Waals surface area contributed by atoms with Crippen LogP contribution in [0.5, 0.6) is 0 Å². The van der Waals surface area contributed by atoms with E-state index < -0.39 is 16.6 Å². The van der Waals surface area contributed by atoms with Gasteiger partial charge in [-0.2, -0.15) is 0 Å². The first-order chi connectivity index (χ1) is 19.9. The molecule has 2 aromatic carbocycles. The van der Waals surface area contributed by atoms with Crippen LogP contribution in [0.4, 0.5) is 15.8 Å². The number of anilines is 2. The van der Waals surface area contributed by atoms with Crippen LogP contribution >= 0.6 is 15.9 Å². The van der Waals surface area contributed by atoms with Crippen LogP contribution in [0.15, 0.2) is 35.1 Å². The second kappa shape index (κ2) is 17.1. The van der Waals surface area contributed by atoms with Gasteiger partial charge >= 0.3 is 0 Å². The Hall–Kier alpha value is -2.18. The lowest BCUT2D eigenvalue weighted by molar-refractivity contribution is 0.0501. The number of hydrogen-bond donors (Lipinski definition) is 2. The van der Waals surface area contributed by atoms with Gasteiger partial charge < -0.3 is 19.6 Å². The third-order valence-electron chi connectivity index (χ3n) is 7.02. The summed E-state index contributed by atoms with van der Waals surface area (Å²) in [7, 11) is 1.14. The van der Waals surface area contributed by atoms with Crippen molar-refractivity contribution in [3.63, 3.8) is 0 Å². The molecule has 8 nitrogen and oxygen atoms in total. The molecule has 1 aliphatic heterocycles. The maximum absolute atomic E-state index is 15.4. The lowest BCUT2D eigenvalue weighted by atomic mass is 10.1. The highest BCUT2D eigenvalue weighted by Crippen LogP contribution is 2.32. The SMILES string of the molecule is CC.CNOCC1CC1.Cc1cc(Br)ccc1Nc1c(C=O)cc2c(ncn2CCCCN2CCS(=O)CC2)c1F. The van der Waals surface area contributed by atoms with Crippen molar-refractivity contribution in [2.75, 3.05) is 50.1 Å². The molecule has 2 fully saturated rings. The third kappa shape index (κ3) is 9.95. The standard InChI is InChI=1S/C23H26BrFN4O2S.C5H11NO.C2H6/c1-16-12-18(24)4-5-19(16)27-22-17(14-30)13-20-23(21(22)25)26-15-29(20)7-3-2-6-28-8-10-32(31)11-9-28;1-6-7-4-5-2-3-5;1-2/h4-5,12-15,27H,2-3,6-11H2,1H3;5-6H,2-4H2,1H3;1-2H3. The summed E-state index contributed by atoms with van der Waals surface area (Å²) in [6.07, 6.45) is 6.96. The first kappa shape index (κ1) is 33.3. The molecule has 1 aromatic heterocycles. The fraction of sp³-hybridized carbons (Fsp3) is 0.533. The number of benzene rings is 2. The van der Waals surface area contributed by atoms with Crippen molar-refractivity contribution < 1.29 is 18.2 Å². The predicted octanol–water partition coefficient (Wildman–Crippen LogP) is 6.22. The molecule has 41 heavy (non-hydrogen) atoms. The Balaban J connectivity index is 0.000000443. The Morgan fingerprint density at radius 3 is 2.51 bits per heavy atom. The van der Waals surface area contributed by atoms with Crippen molar-refractivity contribution in [1.29, 1.82) is 0 Å². The molecular formula is C30H43BrFN5O3S. The molecule has 0 unspecified atom stereocenters. The van der Waals surface area contributed by atoms with Crippen molar-refractivity contribution >= 4 is 55.4 Å². The normalized spacial score (nSPS) is 15.6. The Morgan fingerprint density at radius 2 is 1.88 bits per heavy atom. The molecule has 11 heteroatoms. The van der Waals surface area contributed by atoms with E-state index in [1.54, 1.807) is 19.4 Å². The molecule has 1 saturated heterocycles. The number of rotatable bonds is 11. The highest BCUT2D eigenvalue weighted by atomic mass is 79.9. The first-order valence-electron chi connectivity index (χ1n) is 14.4. The van der Waals surface area contributed by atoms with E-state index in [9.17, 15) is 9.00 Å². The Morgan fingerprint density at radius 1 is 1.17 bits per heavy atom. The molecular weight excluding hydrogens is 609 g/mol. The average Bonchev–Trinajstić information content (AvgIpc) is 3.73. The van der Waals surface area contributed by atoms with Crippen molar-refractivity contribution in [2.45, 2.75) is 53.0 Å². The summed E-state index contributed by atoms with van der Waals surface area (Å²) < 4.78 is 29.7. The van der Waals surface area contributed by atoms with E-state index in [1.165, 1.54) is 12.8 Å². The molecule has 1 aliphatic carbocycles. The average molecular weight is 653 g/mol. The van der Waals surface area contributed by atoms with Gasteiger partial charge in [-0.05, 0) is 74.9 Å². The molecule has 3 aromatic rings. The number of nitrogens with one attached hydrogen (secondary N) is 2. The van der Waals surface area contributed by atoms with Crippen molar-refractivity contribution in [2.24, 2.45) is 5.92 Å². The van der Waals surface area contributed by atoms with Crippen molar-refractivity contribution in [3.8, 4) is 0 Å². The quantitative estimate of drug-likeness (QED) is 0.145. The monoisotopic (exact) mass is 651 g/mol. The zero-order valence-corrected chi connectivity index (χ0v) is 27.0. The van der Waals surface area contributed by atoms with Crippen LogP contribution < -0.4 is 10.8 Å². The number of aryl methyl sites for hydroxylation is 2. The lowest BCUT2D eigenvalue weighted by Gasteiger charge is -2.25. The first-order valence-corrected chi connectivity index (χ1v) is 16.7. The van der Waals surface area contributed by atoms with E-state index in [1.807, 2.05) is 43.5 Å². The number of aromatic nitrogens is 2. The zero-order chi connectivity index (χ0) is 29.8. The molecule has 2 N–H and O–H groups in total. The second-order valence-corrected chi connectivity index (χ2v) is 12.6. The van der Waals surface area contributed by atoms with Gasteiger partial charge in [-0.3, -0.25) is 9.00 Å². The van der Waals surface area contributed by atoms with Gasteiger partial charge in [0.25, 0.3) is 0 Å². The van der Waals surface area contributed by atoms with Crippen molar-refractivity contribution in [3.05, 3.63) is 52.0 Å². The van der Waals surface area contributed by atoms with Gasteiger partial charge in [0.1, 0.15) is 5.52 Å². The van der Waals surface area contributed by atoms with Gasteiger partial charge in [-0.15, -0.1) is 0 Å². The highest BCUT2D eigenvalue weighted by molar-refractivity contribution is 9.10. The van der Waals surface area contributed by atoms with Gasteiger partial charge in [0.05, 0.1) is 24.1 Å². The zero-order valence-electron chi connectivity index (χ0n) is 24.6. The van der Waals surface area contributed by atoms with Crippen LogP contribution in [-0.2, 0) is 22.2 Å². The highest BCUT2D eigenvalue weighted by Gasteiger charge is 2.21. The summed E-state index contributed by atoms with van der Waals surface area (Å²) in [6.45, 7) is 10.3. The van der Waals surface area contributed by atoms with Crippen LogP contribution in [0.25, 0.3) is 11.0 Å². The Labute approximate surface area is 254 Å². The summed E-state index contributed by atoms with van der Waals surface area (Å²) in [5.74, 6) is 1.87. The summed E-state index contributed by atoms with van der Waals surface area (Å²) in [5.41, 5.74) is 5.59. The molecule has 0 atom stereocenters. The molecule has 0 bridgehead atoms. The number of carbonyl (C=O) groups is 1. The molecule has 226 valence electrons. The van der Waals surface area contributed by atoms with Crippen molar-refractivity contribution in [1.82, 2.24) is 19.9 Å². The minimum atomic E-state index is -0.657. The minimum Gasteiger partial charge on any atom is -0.352 e. The fourth-order valence-electron chi connectivity index (χ4n) is 4.48. The van der Waals surface area contributed by atoms with Gasteiger partial charge in [0.2, 0.25) is 0 Å². The molecule has 1 saturated carbocycles. The molecule has 2 aliphatic rings. The summed E-state index contributed by atoms with van der Waals surface area (Å²) in [4.78, 5) is 23.3. The maximum Gasteiger partial charge on any atom is 0.175 e. The number of aldehydes is 1. The number of unbranched alkanes of at least 4 members (excludes halogenated alkanes) is 1. The number of imidazole rings is 1. The van der Waals surface area contributed by atoms with Gasteiger partial charge in [-0.1, -0.05) is 29.8 Å². The smallest absolute Gasteiger partial charge is 0.175 e. The molecule has 0 amide bonds. The number of carbonyl (C=O) groups excluding carboxylic acids is 1. The number of hydrogen-bond acceptors (Lipinski definition) is 7. The maximum atomic E-state index is 15.4. The minimum absolute atomic E-state index is 0.144. The number of fused-ring (bicyclic) bond motifs is 1. The summed E-state index contributed by atoms with van der Waals surface area (Å²) in [6, 6.07) is 7.34. The topological polar surface area (TPSA) is 88.5 Å². The van der Waals surface area contributed by atoms with Gasteiger partial charge in [0.15, 0.2) is 12.1 Å². The third-order valence-corrected chi connectivity index (χ3v) is 8.78. The van der Waals surface area contributed by atoms with E-state index in [4.69, 9.17) is 4.84 Å². The van der Waals surface area contributed by atoms with Gasteiger partial charge in [-0.25, -0.2) is 14.9 Å². The van der Waals surface area contributed by atoms with Crippen LogP contribution in [0.3, 0.4) is 0 Å². The Kier molecular flexibility index (Phi) is 13.9. The molecule has 2 heterocycles. The predicted molar refractivity (Wildman–Crippen MR) is 170 cm³/mol. The van der Waals surface area contributed by atoms with E-state index in [-0.39, 0.29) is 16.8 Å². The largest absolute Gasteiger partial charge is 0.352 e. The summed E-state index contributed by atoms with van der Waals surface area (Å²) >= 11 is 3.42. The Bertz CT molecular complexity index is 1290. The number of nitrogens with zero attached hydrogens (tertiary/aromatic N) is 3. The van der Waals surface area contributed by atoms with E-state index in [2.05, 4.69) is 36.6 Å². The molecule has 5 rings (SSSR count). The van der Waals surface area contributed by atoms with E-state index >= 15 is 4.39 Å². The van der Waals surface area contributed by atoms with Crippen LogP contribution in [0.2, 0.25) is 0 Å². The number of hydroxylamine groups is 1. The second-order valence-electron chi connectivity index (χ2n) is 10.0.